The van der Waals surface area contributed by atoms with Crippen molar-refractivity contribution < 1.29 is 9.59 Å². The molecule has 0 radical (unpaired) electrons. The molecule has 0 spiro atoms. The van der Waals surface area contributed by atoms with E-state index in [1.54, 1.807) is 45.0 Å². The molecule has 0 saturated heterocycles. The minimum Gasteiger partial charge on any atom is -0.349 e. The van der Waals surface area contributed by atoms with Crippen molar-refractivity contribution in [2.75, 3.05) is 19.4 Å². The molecule has 1 rings (SSSR count). The molecular formula is C14H21N3O2. The smallest absolute Gasteiger partial charge is 0.243 e. The molecule has 1 aromatic rings. The van der Waals surface area contributed by atoms with Crippen LogP contribution in [0.3, 0.4) is 0 Å². The second-order valence-electron chi connectivity index (χ2n) is 5.34. The van der Waals surface area contributed by atoms with Crippen LogP contribution in [-0.2, 0) is 16.0 Å². The van der Waals surface area contributed by atoms with Gasteiger partial charge in [0, 0.05) is 19.8 Å². The van der Waals surface area contributed by atoms with Crippen LogP contribution in [0, 0.1) is 0 Å². The first-order chi connectivity index (χ1) is 8.70. The zero-order chi connectivity index (χ0) is 14.6. The minimum absolute atomic E-state index is 0.0416. The van der Waals surface area contributed by atoms with E-state index in [9.17, 15) is 9.59 Å². The van der Waals surface area contributed by atoms with Crippen molar-refractivity contribution in [3.05, 3.63) is 29.8 Å². The highest BCUT2D eigenvalue weighted by Crippen LogP contribution is 2.12. The summed E-state index contributed by atoms with van der Waals surface area (Å²) >= 11 is 0. The van der Waals surface area contributed by atoms with Crippen molar-refractivity contribution in [1.82, 2.24) is 4.90 Å². The van der Waals surface area contributed by atoms with Crippen LogP contribution in [0.5, 0.6) is 0 Å². The molecule has 104 valence electrons. The minimum atomic E-state index is -0.917. The Morgan fingerprint density at radius 2 is 1.74 bits per heavy atom. The molecule has 1 aromatic carbocycles. The number of nitrogens with zero attached hydrogens (tertiary/aromatic N) is 1. The maximum atomic E-state index is 11.7. The largest absolute Gasteiger partial charge is 0.349 e. The van der Waals surface area contributed by atoms with Crippen LogP contribution in [0.15, 0.2) is 24.3 Å². The topological polar surface area (TPSA) is 75.4 Å². The molecule has 5 nitrogen and oxygen atoms in total. The van der Waals surface area contributed by atoms with Crippen molar-refractivity contribution in [3.8, 4) is 0 Å². The number of benzene rings is 1. The number of hydrogen-bond acceptors (Lipinski definition) is 3. The first-order valence-electron chi connectivity index (χ1n) is 6.09. The Morgan fingerprint density at radius 3 is 2.16 bits per heavy atom. The number of nitrogens with one attached hydrogen (secondary N) is 1. The summed E-state index contributed by atoms with van der Waals surface area (Å²) < 4.78 is 0. The summed E-state index contributed by atoms with van der Waals surface area (Å²) in [5, 5.41) is 2.73. The first kappa shape index (κ1) is 15.2. The standard InChI is InChI=1S/C14H21N3O2/c1-14(2,15)13(19)16-11-7-5-10(6-8-11)9-12(18)17(3)4/h5-8H,9,15H2,1-4H3,(H,16,19). The number of carbonyl (C=O) groups is 2. The van der Waals surface area contributed by atoms with E-state index >= 15 is 0 Å². The molecule has 0 bridgehead atoms. The fourth-order valence-corrected chi connectivity index (χ4v) is 1.33. The quantitative estimate of drug-likeness (QED) is 0.850. The van der Waals surface area contributed by atoms with Crippen molar-refractivity contribution in [2.24, 2.45) is 5.73 Å². The summed E-state index contributed by atoms with van der Waals surface area (Å²) in [5.41, 5.74) is 6.35. The highest BCUT2D eigenvalue weighted by Gasteiger charge is 2.21. The number of amides is 2. The summed E-state index contributed by atoms with van der Waals surface area (Å²) in [6.45, 7) is 3.29. The van der Waals surface area contributed by atoms with Gasteiger partial charge in [0.1, 0.15) is 0 Å². The van der Waals surface area contributed by atoms with Crippen LogP contribution in [0.4, 0.5) is 5.69 Å². The molecular weight excluding hydrogens is 242 g/mol. The molecule has 0 aromatic heterocycles. The average Bonchev–Trinajstić information content (AvgIpc) is 2.30. The Kier molecular flexibility index (Phi) is 4.67. The molecule has 19 heavy (non-hydrogen) atoms. The van der Waals surface area contributed by atoms with E-state index in [-0.39, 0.29) is 11.8 Å². The lowest BCUT2D eigenvalue weighted by Crippen LogP contribution is -2.45. The Morgan fingerprint density at radius 1 is 1.21 bits per heavy atom. The summed E-state index contributed by atoms with van der Waals surface area (Å²) in [5.74, 6) is -0.204. The Balaban J connectivity index is 2.67. The lowest BCUT2D eigenvalue weighted by molar-refractivity contribution is -0.128. The van der Waals surface area contributed by atoms with Crippen molar-refractivity contribution >= 4 is 17.5 Å². The fraction of sp³-hybridized carbons (Fsp3) is 0.429. The van der Waals surface area contributed by atoms with Gasteiger partial charge in [-0.2, -0.15) is 0 Å². The molecule has 2 amide bonds. The number of carbonyl (C=O) groups excluding carboxylic acids is 2. The maximum absolute atomic E-state index is 11.7. The van der Waals surface area contributed by atoms with Crippen LogP contribution >= 0.6 is 0 Å². The van der Waals surface area contributed by atoms with E-state index in [0.29, 0.717) is 12.1 Å². The number of nitrogens with two attached hydrogens (primary N) is 1. The van der Waals surface area contributed by atoms with Crippen LogP contribution in [0.2, 0.25) is 0 Å². The van der Waals surface area contributed by atoms with Gasteiger partial charge in [-0.05, 0) is 31.5 Å². The van der Waals surface area contributed by atoms with Crippen molar-refractivity contribution in [1.29, 1.82) is 0 Å². The molecule has 0 aliphatic carbocycles. The fourth-order valence-electron chi connectivity index (χ4n) is 1.33. The van der Waals surface area contributed by atoms with Gasteiger partial charge in [0.15, 0.2) is 0 Å². The summed E-state index contributed by atoms with van der Waals surface area (Å²) in [4.78, 5) is 24.8. The van der Waals surface area contributed by atoms with Gasteiger partial charge in [0.25, 0.3) is 0 Å². The summed E-state index contributed by atoms with van der Waals surface area (Å²) in [7, 11) is 3.44. The molecule has 3 N–H and O–H groups in total. The lowest BCUT2D eigenvalue weighted by atomic mass is 10.1. The van der Waals surface area contributed by atoms with Gasteiger partial charge in [0.05, 0.1) is 12.0 Å². The van der Waals surface area contributed by atoms with E-state index in [4.69, 9.17) is 5.73 Å². The van der Waals surface area contributed by atoms with Crippen molar-refractivity contribution in [3.63, 3.8) is 0 Å². The first-order valence-corrected chi connectivity index (χ1v) is 6.09. The van der Waals surface area contributed by atoms with Gasteiger partial charge in [-0.25, -0.2) is 0 Å². The molecule has 0 heterocycles. The van der Waals surface area contributed by atoms with E-state index in [1.807, 2.05) is 12.1 Å². The van der Waals surface area contributed by atoms with Gasteiger partial charge < -0.3 is 16.0 Å². The Labute approximate surface area is 113 Å². The summed E-state index contributed by atoms with van der Waals surface area (Å²) in [6, 6.07) is 7.17. The molecule has 0 aliphatic heterocycles. The van der Waals surface area contributed by atoms with Crippen molar-refractivity contribution in [2.45, 2.75) is 25.8 Å². The van der Waals surface area contributed by atoms with Crippen LogP contribution in [0.1, 0.15) is 19.4 Å². The van der Waals surface area contributed by atoms with Crippen LogP contribution in [-0.4, -0.2) is 36.3 Å². The van der Waals surface area contributed by atoms with Gasteiger partial charge in [-0.1, -0.05) is 12.1 Å². The number of rotatable bonds is 4. The van der Waals surface area contributed by atoms with E-state index in [2.05, 4.69) is 5.32 Å². The maximum Gasteiger partial charge on any atom is 0.243 e. The van der Waals surface area contributed by atoms with Gasteiger partial charge >= 0.3 is 0 Å². The number of hydrogen-bond donors (Lipinski definition) is 2. The monoisotopic (exact) mass is 263 g/mol. The molecule has 0 atom stereocenters. The van der Waals surface area contributed by atoms with E-state index < -0.39 is 5.54 Å². The highest BCUT2D eigenvalue weighted by molar-refractivity contribution is 5.97. The normalized spacial score (nSPS) is 11.0. The third-order valence-electron chi connectivity index (χ3n) is 2.65. The van der Waals surface area contributed by atoms with Gasteiger partial charge in [0.2, 0.25) is 11.8 Å². The lowest BCUT2D eigenvalue weighted by Gasteiger charge is -2.18. The third-order valence-corrected chi connectivity index (χ3v) is 2.65. The molecule has 0 saturated carbocycles. The number of anilines is 1. The Hall–Kier alpha value is -1.88. The zero-order valence-corrected chi connectivity index (χ0v) is 11.9. The van der Waals surface area contributed by atoms with Crippen LogP contribution in [0.25, 0.3) is 0 Å². The summed E-state index contributed by atoms with van der Waals surface area (Å²) in [6.07, 6.45) is 0.351. The third kappa shape index (κ3) is 4.71. The van der Waals surface area contributed by atoms with E-state index in [1.165, 1.54) is 0 Å². The van der Waals surface area contributed by atoms with E-state index in [0.717, 1.165) is 5.56 Å². The molecule has 0 aliphatic rings. The molecule has 0 fully saturated rings. The molecule has 0 unspecified atom stereocenters. The predicted octanol–water partition coefficient (Wildman–Crippen LogP) is 0.993. The second-order valence-corrected chi connectivity index (χ2v) is 5.34. The highest BCUT2D eigenvalue weighted by atomic mass is 16.2. The number of likely N-dealkylation sites (N-methyl/N-ethyl adjacent to an activating group) is 1. The van der Waals surface area contributed by atoms with Crippen LogP contribution < -0.4 is 11.1 Å². The SMILES string of the molecule is CN(C)C(=O)Cc1ccc(NC(=O)C(C)(C)N)cc1. The van der Waals surface area contributed by atoms with Gasteiger partial charge in [-0.15, -0.1) is 0 Å². The zero-order valence-electron chi connectivity index (χ0n) is 11.9. The molecule has 5 heteroatoms. The average molecular weight is 263 g/mol. The Bertz CT molecular complexity index is 459. The second kappa shape index (κ2) is 5.84. The predicted molar refractivity (Wildman–Crippen MR) is 75.7 cm³/mol. The van der Waals surface area contributed by atoms with Gasteiger partial charge in [-0.3, -0.25) is 9.59 Å².